The fraction of sp³-hybridized carbons (Fsp3) is 0.478. The number of carbonyl (C=O) groups excluding carboxylic acids is 1. The molecule has 2 rings (SSSR count). The number of aryl methyl sites for hydroxylation is 1. The Hall–Kier alpha value is -2.27. The van der Waals surface area contributed by atoms with Crippen LogP contribution in [0.3, 0.4) is 0 Å². The Morgan fingerprint density at radius 2 is 1.93 bits per heavy atom. The molecular weight excluding hydrogens is 388 g/mol. The van der Waals surface area contributed by atoms with E-state index in [4.69, 9.17) is 16.7 Å². The van der Waals surface area contributed by atoms with Gasteiger partial charge in [0.2, 0.25) is 0 Å². The quantitative estimate of drug-likeness (QED) is 0.255. The SMILES string of the molecule is CC(C)c1cn(CCCC(=O)O)cc1C(=O)c1cccc(NCCCCCCl)c1. The molecule has 0 saturated heterocycles. The molecule has 1 aromatic heterocycles. The molecule has 0 spiro atoms. The van der Waals surface area contributed by atoms with Crippen molar-refractivity contribution >= 4 is 29.0 Å². The number of alkyl halides is 1. The van der Waals surface area contributed by atoms with E-state index in [2.05, 4.69) is 19.2 Å². The second-order valence-corrected chi connectivity index (χ2v) is 7.98. The van der Waals surface area contributed by atoms with Gasteiger partial charge in [-0.2, -0.15) is 0 Å². The molecule has 0 amide bonds. The van der Waals surface area contributed by atoms with Crippen molar-refractivity contribution in [2.45, 2.75) is 58.4 Å². The van der Waals surface area contributed by atoms with Gasteiger partial charge in [-0.3, -0.25) is 9.59 Å². The number of carboxylic acid groups (broad SMARTS) is 1. The first-order valence-corrected chi connectivity index (χ1v) is 10.8. The standard InChI is InChI=1S/C23H31ClN2O3/c1-17(2)20-15-26(13-7-10-22(27)28)16-21(20)23(29)18-8-6-9-19(14-18)25-12-5-3-4-11-24/h6,8-9,14-17,25H,3-5,7,10-13H2,1-2H3,(H,27,28). The number of halogens is 1. The summed E-state index contributed by atoms with van der Waals surface area (Å²) in [6, 6.07) is 7.61. The molecule has 0 aliphatic rings. The van der Waals surface area contributed by atoms with Crippen LogP contribution >= 0.6 is 11.6 Å². The Bertz CT molecular complexity index is 814. The van der Waals surface area contributed by atoms with Crippen LogP contribution in [0.25, 0.3) is 0 Å². The van der Waals surface area contributed by atoms with E-state index in [-0.39, 0.29) is 18.1 Å². The van der Waals surface area contributed by atoms with Crippen LogP contribution in [0.5, 0.6) is 0 Å². The van der Waals surface area contributed by atoms with Crippen LogP contribution in [0.15, 0.2) is 36.7 Å². The molecule has 0 saturated carbocycles. The van der Waals surface area contributed by atoms with Crippen LogP contribution in [0.1, 0.15) is 73.4 Å². The van der Waals surface area contributed by atoms with Crippen molar-refractivity contribution in [1.29, 1.82) is 0 Å². The minimum Gasteiger partial charge on any atom is -0.481 e. The van der Waals surface area contributed by atoms with Gasteiger partial charge in [0.05, 0.1) is 0 Å². The summed E-state index contributed by atoms with van der Waals surface area (Å²) >= 11 is 5.70. The van der Waals surface area contributed by atoms with Crippen LogP contribution < -0.4 is 5.32 Å². The Balaban J connectivity index is 2.11. The van der Waals surface area contributed by atoms with E-state index >= 15 is 0 Å². The first kappa shape index (κ1) is 23.0. The lowest BCUT2D eigenvalue weighted by molar-refractivity contribution is -0.137. The number of rotatable bonds is 13. The number of unbranched alkanes of at least 4 members (excludes halogenated alkanes) is 2. The predicted molar refractivity (Wildman–Crippen MR) is 118 cm³/mol. The molecular formula is C23H31ClN2O3. The Kier molecular flexibility index (Phi) is 9.26. The van der Waals surface area contributed by atoms with E-state index in [9.17, 15) is 9.59 Å². The number of aliphatic carboxylic acids is 1. The third kappa shape index (κ3) is 7.24. The molecule has 1 heterocycles. The minimum atomic E-state index is -0.801. The molecule has 0 unspecified atom stereocenters. The molecule has 0 bridgehead atoms. The van der Waals surface area contributed by atoms with Crippen LogP contribution in [0.4, 0.5) is 5.69 Å². The lowest BCUT2D eigenvalue weighted by atomic mass is 9.96. The Labute approximate surface area is 178 Å². The van der Waals surface area contributed by atoms with Gasteiger partial charge in [0.1, 0.15) is 0 Å². The third-order valence-corrected chi connectivity index (χ3v) is 5.12. The van der Waals surface area contributed by atoms with Gasteiger partial charge in [-0.05, 0) is 42.9 Å². The first-order valence-electron chi connectivity index (χ1n) is 10.3. The molecule has 6 heteroatoms. The Morgan fingerprint density at radius 3 is 2.62 bits per heavy atom. The monoisotopic (exact) mass is 418 g/mol. The summed E-state index contributed by atoms with van der Waals surface area (Å²) in [5, 5.41) is 12.2. The number of benzene rings is 1. The molecule has 158 valence electrons. The lowest BCUT2D eigenvalue weighted by Crippen LogP contribution is -2.06. The average molecular weight is 419 g/mol. The summed E-state index contributed by atoms with van der Waals surface area (Å²) < 4.78 is 1.94. The number of carboxylic acids is 1. The van der Waals surface area contributed by atoms with Crippen molar-refractivity contribution in [3.8, 4) is 0 Å². The zero-order valence-electron chi connectivity index (χ0n) is 17.3. The number of hydrogen-bond donors (Lipinski definition) is 2. The highest BCUT2D eigenvalue weighted by Gasteiger charge is 2.19. The third-order valence-electron chi connectivity index (χ3n) is 4.85. The number of anilines is 1. The molecule has 1 aromatic carbocycles. The second kappa shape index (κ2) is 11.7. The lowest BCUT2D eigenvalue weighted by Gasteiger charge is -2.09. The summed E-state index contributed by atoms with van der Waals surface area (Å²) in [5.41, 5.74) is 3.27. The van der Waals surface area contributed by atoms with Crippen LogP contribution in [0, 0.1) is 0 Å². The van der Waals surface area contributed by atoms with E-state index in [0.29, 0.717) is 30.0 Å². The molecule has 5 nitrogen and oxygen atoms in total. The van der Waals surface area contributed by atoms with Gasteiger partial charge in [0, 0.05) is 54.6 Å². The van der Waals surface area contributed by atoms with Gasteiger partial charge in [-0.15, -0.1) is 11.6 Å². The summed E-state index contributed by atoms with van der Waals surface area (Å²) in [5.74, 6) is 0.0943. The van der Waals surface area contributed by atoms with Gasteiger partial charge in [-0.25, -0.2) is 0 Å². The van der Waals surface area contributed by atoms with Crippen LogP contribution in [-0.4, -0.2) is 33.9 Å². The summed E-state index contributed by atoms with van der Waals surface area (Å²) in [6.45, 7) is 5.56. The van der Waals surface area contributed by atoms with Gasteiger partial charge in [0.15, 0.2) is 5.78 Å². The fourth-order valence-corrected chi connectivity index (χ4v) is 3.46. The molecule has 0 radical (unpaired) electrons. The van der Waals surface area contributed by atoms with Crippen molar-refractivity contribution in [3.05, 3.63) is 53.3 Å². The number of nitrogens with one attached hydrogen (secondary N) is 1. The predicted octanol–water partition coefficient (Wildman–Crippen LogP) is 5.53. The van der Waals surface area contributed by atoms with E-state index in [1.54, 1.807) is 0 Å². The molecule has 0 aliphatic heterocycles. The maximum atomic E-state index is 13.2. The molecule has 2 aromatic rings. The van der Waals surface area contributed by atoms with Gasteiger partial charge >= 0.3 is 5.97 Å². The fourth-order valence-electron chi connectivity index (χ4n) is 3.27. The molecule has 29 heavy (non-hydrogen) atoms. The minimum absolute atomic E-state index is 0.00326. The zero-order valence-corrected chi connectivity index (χ0v) is 18.0. The number of ketones is 1. The van der Waals surface area contributed by atoms with Crippen LogP contribution in [-0.2, 0) is 11.3 Å². The Morgan fingerprint density at radius 1 is 1.14 bits per heavy atom. The van der Waals surface area contributed by atoms with Crippen molar-refractivity contribution in [3.63, 3.8) is 0 Å². The van der Waals surface area contributed by atoms with E-state index < -0.39 is 5.97 Å². The number of nitrogens with zero attached hydrogens (tertiary/aromatic N) is 1. The highest BCUT2D eigenvalue weighted by atomic mass is 35.5. The number of hydrogen-bond acceptors (Lipinski definition) is 3. The zero-order chi connectivity index (χ0) is 21.2. The first-order chi connectivity index (χ1) is 13.9. The van der Waals surface area contributed by atoms with Crippen molar-refractivity contribution in [2.75, 3.05) is 17.7 Å². The van der Waals surface area contributed by atoms with Crippen molar-refractivity contribution < 1.29 is 14.7 Å². The van der Waals surface area contributed by atoms with E-state index in [1.165, 1.54) is 0 Å². The van der Waals surface area contributed by atoms with Crippen molar-refractivity contribution in [1.82, 2.24) is 4.57 Å². The van der Waals surface area contributed by atoms with E-state index in [1.807, 2.05) is 41.2 Å². The summed E-state index contributed by atoms with van der Waals surface area (Å²) in [4.78, 5) is 23.9. The number of aromatic nitrogens is 1. The maximum Gasteiger partial charge on any atom is 0.303 e. The number of carbonyl (C=O) groups is 2. The highest BCUT2D eigenvalue weighted by Crippen LogP contribution is 2.25. The normalized spacial score (nSPS) is 11.0. The second-order valence-electron chi connectivity index (χ2n) is 7.60. The van der Waals surface area contributed by atoms with Gasteiger partial charge in [-0.1, -0.05) is 32.4 Å². The molecule has 0 atom stereocenters. The van der Waals surface area contributed by atoms with Gasteiger partial charge in [0.25, 0.3) is 0 Å². The molecule has 0 fully saturated rings. The summed E-state index contributed by atoms with van der Waals surface area (Å²) in [7, 11) is 0. The summed E-state index contributed by atoms with van der Waals surface area (Å²) in [6.07, 6.45) is 7.63. The largest absolute Gasteiger partial charge is 0.481 e. The molecule has 2 N–H and O–H groups in total. The van der Waals surface area contributed by atoms with Gasteiger partial charge < -0.3 is 15.0 Å². The highest BCUT2D eigenvalue weighted by molar-refractivity contribution is 6.17. The maximum absolute atomic E-state index is 13.2. The topological polar surface area (TPSA) is 71.3 Å². The van der Waals surface area contributed by atoms with E-state index in [0.717, 1.165) is 37.1 Å². The smallest absolute Gasteiger partial charge is 0.303 e. The average Bonchev–Trinajstić information content (AvgIpc) is 3.12. The van der Waals surface area contributed by atoms with Crippen molar-refractivity contribution in [2.24, 2.45) is 0 Å². The molecule has 0 aliphatic carbocycles. The van der Waals surface area contributed by atoms with Crippen LogP contribution in [0.2, 0.25) is 0 Å².